The number of hydrogen-bond acceptors (Lipinski definition) is 2. The largest absolute Gasteiger partial charge is 0.388 e. The first-order valence-electron chi connectivity index (χ1n) is 6.28. The Hall–Kier alpha value is -1.57. The molecular weight excluding hydrogens is 208 g/mol. The lowest BCUT2D eigenvalue weighted by molar-refractivity contribution is 1.04. The Morgan fingerprint density at radius 3 is 2.59 bits per heavy atom. The Labute approximate surface area is 102 Å². The molecule has 0 amide bonds. The van der Waals surface area contributed by atoms with Crippen LogP contribution in [0.3, 0.4) is 0 Å². The lowest BCUT2D eigenvalue weighted by atomic mass is 10.0. The van der Waals surface area contributed by atoms with Crippen molar-refractivity contribution in [2.45, 2.75) is 32.6 Å². The monoisotopic (exact) mass is 226 g/mol. The van der Waals surface area contributed by atoms with Gasteiger partial charge in [-0.2, -0.15) is 0 Å². The highest BCUT2D eigenvalue weighted by Crippen LogP contribution is 2.41. The van der Waals surface area contributed by atoms with Gasteiger partial charge in [0.25, 0.3) is 0 Å². The van der Waals surface area contributed by atoms with Crippen molar-refractivity contribution in [3.8, 4) is 0 Å². The Balaban J connectivity index is 2.31. The van der Waals surface area contributed by atoms with E-state index in [1.807, 2.05) is 7.05 Å². The molecule has 1 heterocycles. The smallest absolute Gasteiger partial charge is 0.0731 e. The Morgan fingerprint density at radius 1 is 1.18 bits per heavy atom. The van der Waals surface area contributed by atoms with Crippen LogP contribution in [0.25, 0.3) is 10.9 Å². The molecule has 0 radical (unpaired) electrons. The van der Waals surface area contributed by atoms with Gasteiger partial charge in [-0.1, -0.05) is 6.07 Å². The first kappa shape index (κ1) is 10.6. The molecule has 3 rings (SSSR count). The van der Waals surface area contributed by atoms with E-state index in [4.69, 9.17) is 4.98 Å². The van der Waals surface area contributed by atoms with E-state index in [2.05, 4.69) is 37.4 Å². The molecule has 1 fully saturated rings. The molecule has 1 aliphatic carbocycles. The summed E-state index contributed by atoms with van der Waals surface area (Å²) in [6.45, 7) is 4.30. The molecule has 0 aliphatic heterocycles. The number of fused-ring (bicyclic) bond motifs is 1. The third kappa shape index (κ3) is 1.78. The third-order valence-corrected chi connectivity index (χ3v) is 3.54. The van der Waals surface area contributed by atoms with Crippen LogP contribution in [-0.2, 0) is 0 Å². The van der Waals surface area contributed by atoms with Crippen LogP contribution in [-0.4, -0.2) is 12.0 Å². The first-order valence-corrected chi connectivity index (χ1v) is 6.28. The minimum atomic E-state index is 0.701. The van der Waals surface area contributed by atoms with Gasteiger partial charge in [0.1, 0.15) is 0 Å². The molecule has 88 valence electrons. The van der Waals surface area contributed by atoms with E-state index in [0.29, 0.717) is 5.92 Å². The van der Waals surface area contributed by atoms with Crippen LogP contribution in [0.5, 0.6) is 0 Å². The number of pyridine rings is 1. The quantitative estimate of drug-likeness (QED) is 0.843. The van der Waals surface area contributed by atoms with E-state index >= 15 is 0 Å². The number of rotatable bonds is 2. The van der Waals surface area contributed by atoms with E-state index in [9.17, 15) is 0 Å². The summed E-state index contributed by atoms with van der Waals surface area (Å²) in [5.74, 6) is 0.701. The normalized spacial score (nSPS) is 15.2. The van der Waals surface area contributed by atoms with Crippen LogP contribution in [0.15, 0.2) is 18.2 Å². The number of aromatic nitrogens is 1. The molecule has 2 aromatic rings. The SMILES string of the molecule is CNc1cc(C2CC2)nc2cc(C)cc(C)c12. The fraction of sp³-hybridized carbons (Fsp3) is 0.400. The molecule has 1 saturated carbocycles. The maximum absolute atomic E-state index is 4.83. The van der Waals surface area contributed by atoms with Gasteiger partial charge in [0.2, 0.25) is 0 Å². The molecule has 0 saturated heterocycles. The van der Waals surface area contributed by atoms with Gasteiger partial charge in [-0.25, -0.2) is 0 Å². The van der Waals surface area contributed by atoms with Gasteiger partial charge >= 0.3 is 0 Å². The van der Waals surface area contributed by atoms with Crippen LogP contribution in [0, 0.1) is 13.8 Å². The summed E-state index contributed by atoms with van der Waals surface area (Å²) in [5, 5.41) is 4.58. The van der Waals surface area contributed by atoms with Crippen LogP contribution >= 0.6 is 0 Å². The van der Waals surface area contributed by atoms with E-state index in [-0.39, 0.29) is 0 Å². The molecule has 0 bridgehead atoms. The van der Waals surface area contributed by atoms with Gasteiger partial charge in [0.05, 0.1) is 5.52 Å². The molecular formula is C15H18N2. The predicted octanol–water partition coefficient (Wildman–Crippen LogP) is 3.77. The number of nitrogens with one attached hydrogen (secondary N) is 1. The summed E-state index contributed by atoms with van der Waals surface area (Å²) in [7, 11) is 1.99. The van der Waals surface area contributed by atoms with Crippen molar-refractivity contribution in [2.75, 3.05) is 12.4 Å². The standard InChI is InChI=1S/C15H18N2/c1-9-6-10(2)15-13(16-3)8-12(11-4-5-11)17-14(15)7-9/h6-8,11H,4-5H2,1-3H3,(H,16,17). The minimum Gasteiger partial charge on any atom is -0.388 e. The van der Waals surface area contributed by atoms with Crippen molar-refractivity contribution in [3.63, 3.8) is 0 Å². The number of anilines is 1. The molecule has 1 aromatic carbocycles. The summed E-state index contributed by atoms with van der Waals surface area (Å²) < 4.78 is 0. The lowest BCUT2D eigenvalue weighted by Crippen LogP contribution is -1.97. The second-order valence-corrected chi connectivity index (χ2v) is 5.09. The Morgan fingerprint density at radius 2 is 1.94 bits per heavy atom. The molecule has 2 heteroatoms. The highest BCUT2D eigenvalue weighted by atomic mass is 14.8. The zero-order valence-electron chi connectivity index (χ0n) is 10.7. The van der Waals surface area contributed by atoms with Crippen molar-refractivity contribution in [1.29, 1.82) is 0 Å². The Kier molecular flexibility index (Phi) is 2.32. The topological polar surface area (TPSA) is 24.9 Å². The molecule has 2 nitrogen and oxygen atoms in total. The fourth-order valence-electron chi connectivity index (χ4n) is 2.56. The highest BCUT2D eigenvalue weighted by molar-refractivity contribution is 5.94. The fourth-order valence-corrected chi connectivity index (χ4v) is 2.56. The lowest BCUT2D eigenvalue weighted by Gasteiger charge is -2.12. The molecule has 1 N–H and O–H groups in total. The van der Waals surface area contributed by atoms with E-state index in [1.165, 1.54) is 40.7 Å². The summed E-state index contributed by atoms with van der Waals surface area (Å²) in [6.07, 6.45) is 2.60. The van der Waals surface area contributed by atoms with Gasteiger partial charge in [0.15, 0.2) is 0 Å². The van der Waals surface area contributed by atoms with E-state index < -0.39 is 0 Å². The second kappa shape index (κ2) is 3.73. The third-order valence-electron chi connectivity index (χ3n) is 3.54. The van der Waals surface area contributed by atoms with Crippen LogP contribution in [0.2, 0.25) is 0 Å². The Bertz CT molecular complexity index is 583. The highest BCUT2D eigenvalue weighted by Gasteiger charge is 2.26. The molecule has 17 heavy (non-hydrogen) atoms. The second-order valence-electron chi connectivity index (χ2n) is 5.09. The van der Waals surface area contributed by atoms with Crippen molar-refractivity contribution in [2.24, 2.45) is 0 Å². The van der Waals surface area contributed by atoms with Crippen molar-refractivity contribution in [1.82, 2.24) is 4.98 Å². The molecule has 1 aliphatic rings. The summed E-state index contributed by atoms with van der Waals surface area (Å²) in [6, 6.07) is 6.64. The minimum absolute atomic E-state index is 0.701. The molecule has 1 aromatic heterocycles. The zero-order chi connectivity index (χ0) is 12.0. The van der Waals surface area contributed by atoms with Crippen LogP contribution in [0.1, 0.15) is 35.6 Å². The van der Waals surface area contributed by atoms with Crippen LogP contribution < -0.4 is 5.32 Å². The number of nitrogens with zero attached hydrogens (tertiary/aromatic N) is 1. The predicted molar refractivity (Wildman–Crippen MR) is 72.7 cm³/mol. The zero-order valence-corrected chi connectivity index (χ0v) is 10.7. The van der Waals surface area contributed by atoms with Gasteiger partial charge in [-0.05, 0) is 49.9 Å². The maximum Gasteiger partial charge on any atom is 0.0731 e. The van der Waals surface area contributed by atoms with Gasteiger partial charge < -0.3 is 5.32 Å². The van der Waals surface area contributed by atoms with Gasteiger partial charge in [-0.15, -0.1) is 0 Å². The maximum atomic E-state index is 4.83. The first-order chi connectivity index (χ1) is 8.19. The van der Waals surface area contributed by atoms with E-state index in [1.54, 1.807) is 0 Å². The molecule has 0 atom stereocenters. The average molecular weight is 226 g/mol. The average Bonchev–Trinajstić information content (AvgIpc) is 3.10. The van der Waals surface area contributed by atoms with Crippen molar-refractivity contribution >= 4 is 16.6 Å². The number of aryl methyl sites for hydroxylation is 2. The van der Waals surface area contributed by atoms with Crippen molar-refractivity contribution < 1.29 is 0 Å². The summed E-state index contributed by atoms with van der Waals surface area (Å²) in [4.78, 5) is 4.83. The van der Waals surface area contributed by atoms with Gasteiger partial charge in [-0.3, -0.25) is 4.98 Å². The summed E-state index contributed by atoms with van der Waals surface area (Å²) in [5.41, 5.74) is 6.20. The van der Waals surface area contributed by atoms with E-state index in [0.717, 1.165) is 5.52 Å². The number of benzene rings is 1. The summed E-state index contributed by atoms with van der Waals surface area (Å²) >= 11 is 0. The molecule has 0 spiro atoms. The number of hydrogen-bond donors (Lipinski definition) is 1. The van der Waals surface area contributed by atoms with Crippen LogP contribution in [0.4, 0.5) is 5.69 Å². The molecule has 0 unspecified atom stereocenters. The van der Waals surface area contributed by atoms with Gasteiger partial charge in [0, 0.05) is 29.7 Å². The van der Waals surface area contributed by atoms with Crippen molar-refractivity contribution in [3.05, 3.63) is 35.0 Å².